The fourth-order valence-electron chi connectivity index (χ4n) is 1.85. The molecule has 1 rings (SSSR count). The lowest BCUT2D eigenvalue weighted by atomic mass is 10.3. The van der Waals surface area contributed by atoms with E-state index in [1.165, 1.54) is 0 Å². The first kappa shape index (κ1) is 16.6. The standard InChI is InChI=1S/C15H23ClN2O2/c1-3-10-18(11-4-2)15(19)17-9-12-20-14-8-6-5-7-13(14)16/h5-8H,3-4,9-12H2,1-2H3,(H,17,19). The molecule has 4 nitrogen and oxygen atoms in total. The SMILES string of the molecule is CCCN(CCC)C(=O)NCCOc1ccccc1Cl. The lowest BCUT2D eigenvalue weighted by Crippen LogP contribution is -2.42. The molecule has 5 heteroatoms. The third-order valence-electron chi connectivity index (χ3n) is 2.75. The number of ether oxygens (including phenoxy) is 1. The minimum atomic E-state index is -0.0311. The van der Waals surface area contributed by atoms with Crippen molar-refractivity contribution in [1.82, 2.24) is 10.2 Å². The van der Waals surface area contributed by atoms with Crippen LogP contribution in [0.1, 0.15) is 26.7 Å². The number of hydrogen-bond acceptors (Lipinski definition) is 2. The van der Waals surface area contributed by atoms with Gasteiger partial charge in [0.05, 0.1) is 11.6 Å². The van der Waals surface area contributed by atoms with E-state index in [0.29, 0.717) is 23.9 Å². The van der Waals surface area contributed by atoms with Crippen LogP contribution in [0.15, 0.2) is 24.3 Å². The van der Waals surface area contributed by atoms with Crippen molar-refractivity contribution in [2.24, 2.45) is 0 Å². The quantitative estimate of drug-likeness (QED) is 0.746. The number of para-hydroxylation sites is 1. The summed E-state index contributed by atoms with van der Waals surface area (Å²) in [6, 6.07) is 7.27. The van der Waals surface area contributed by atoms with Gasteiger partial charge < -0.3 is 15.0 Å². The second kappa shape index (κ2) is 9.48. The fraction of sp³-hybridized carbons (Fsp3) is 0.533. The van der Waals surface area contributed by atoms with Crippen LogP contribution in [0, 0.1) is 0 Å². The Labute approximate surface area is 126 Å². The van der Waals surface area contributed by atoms with Gasteiger partial charge in [0.15, 0.2) is 0 Å². The predicted molar refractivity (Wildman–Crippen MR) is 82.5 cm³/mol. The molecule has 0 aliphatic carbocycles. The summed E-state index contributed by atoms with van der Waals surface area (Å²) in [5.41, 5.74) is 0. The Hall–Kier alpha value is -1.42. The Morgan fingerprint density at radius 3 is 2.50 bits per heavy atom. The molecule has 0 fully saturated rings. The number of nitrogens with one attached hydrogen (secondary N) is 1. The summed E-state index contributed by atoms with van der Waals surface area (Å²) in [5, 5.41) is 3.44. The van der Waals surface area contributed by atoms with Gasteiger partial charge in [0.2, 0.25) is 0 Å². The largest absolute Gasteiger partial charge is 0.490 e. The number of carbonyl (C=O) groups excluding carboxylic acids is 1. The monoisotopic (exact) mass is 298 g/mol. The third-order valence-corrected chi connectivity index (χ3v) is 3.06. The minimum absolute atomic E-state index is 0.0311. The van der Waals surface area contributed by atoms with Crippen molar-refractivity contribution in [3.63, 3.8) is 0 Å². The summed E-state index contributed by atoms with van der Waals surface area (Å²) in [5.74, 6) is 0.641. The average Bonchev–Trinajstić information content (AvgIpc) is 2.45. The van der Waals surface area contributed by atoms with Crippen molar-refractivity contribution in [2.45, 2.75) is 26.7 Å². The van der Waals surface area contributed by atoms with Crippen LogP contribution in [-0.4, -0.2) is 37.2 Å². The van der Waals surface area contributed by atoms with E-state index in [-0.39, 0.29) is 6.03 Å². The van der Waals surface area contributed by atoms with Crippen molar-refractivity contribution in [3.8, 4) is 5.75 Å². The van der Waals surface area contributed by atoms with Crippen LogP contribution in [0.25, 0.3) is 0 Å². The van der Waals surface area contributed by atoms with Crippen LogP contribution in [0.2, 0.25) is 5.02 Å². The van der Waals surface area contributed by atoms with Gasteiger partial charge in [0, 0.05) is 13.1 Å². The van der Waals surface area contributed by atoms with Crippen LogP contribution in [0.4, 0.5) is 4.79 Å². The zero-order valence-electron chi connectivity index (χ0n) is 12.2. The molecule has 0 saturated carbocycles. The van der Waals surface area contributed by atoms with Crippen LogP contribution in [-0.2, 0) is 0 Å². The first-order valence-corrected chi connectivity index (χ1v) is 7.47. The number of halogens is 1. The van der Waals surface area contributed by atoms with Crippen molar-refractivity contribution >= 4 is 17.6 Å². The summed E-state index contributed by atoms with van der Waals surface area (Å²) in [6.07, 6.45) is 1.92. The molecule has 0 unspecified atom stereocenters. The Morgan fingerprint density at radius 2 is 1.90 bits per heavy atom. The molecule has 2 amide bonds. The highest BCUT2D eigenvalue weighted by Gasteiger charge is 2.10. The maximum atomic E-state index is 11.9. The van der Waals surface area contributed by atoms with E-state index in [9.17, 15) is 4.79 Å². The first-order chi connectivity index (χ1) is 9.69. The molecule has 0 heterocycles. The van der Waals surface area contributed by atoms with Gasteiger partial charge in [-0.1, -0.05) is 37.6 Å². The lowest BCUT2D eigenvalue weighted by molar-refractivity contribution is 0.194. The van der Waals surface area contributed by atoms with Crippen LogP contribution < -0.4 is 10.1 Å². The molecule has 0 spiro atoms. The number of carbonyl (C=O) groups is 1. The van der Waals surface area contributed by atoms with Crippen LogP contribution in [0.5, 0.6) is 5.75 Å². The molecule has 0 atom stereocenters. The van der Waals surface area contributed by atoms with Crippen molar-refractivity contribution in [1.29, 1.82) is 0 Å². The summed E-state index contributed by atoms with van der Waals surface area (Å²) in [7, 11) is 0. The molecule has 0 aromatic heterocycles. The molecule has 0 saturated heterocycles. The predicted octanol–water partition coefficient (Wildman–Crippen LogP) is 3.55. The Morgan fingerprint density at radius 1 is 1.25 bits per heavy atom. The highest BCUT2D eigenvalue weighted by molar-refractivity contribution is 6.32. The second-order valence-corrected chi connectivity index (χ2v) is 4.91. The molecule has 0 aliphatic rings. The zero-order valence-corrected chi connectivity index (χ0v) is 12.9. The van der Waals surface area contributed by atoms with E-state index >= 15 is 0 Å². The van der Waals surface area contributed by atoms with Crippen molar-refractivity contribution < 1.29 is 9.53 Å². The molecule has 0 bridgehead atoms. The second-order valence-electron chi connectivity index (χ2n) is 4.50. The van der Waals surface area contributed by atoms with Gasteiger partial charge in [0.25, 0.3) is 0 Å². The Kier molecular flexibility index (Phi) is 7.88. The molecule has 112 valence electrons. The number of amides is 2. The van der Waals surface area contributed by atoms with E-state index in [2.05, 4.69) is 19.2 Å². The van der Waals surface area contributed by atoms with E-state index in [4.69, 9.17) is 16.3 Å². The van der Waals surface area contributed by atoms with Crippen LogP contribution >= 0.6 is 11.6 Å². The van der Waals surface area contributed by atoms with Gasteiger partial charge in [0.1, 0.15) is 12.4 Å². The number of nitrogens with zero attached hydrogens (tertiary/aromatic N) is 1. The first-order valence-electron chi connectivity index (χ1n) is 7.09. The van der Waals surface area contributed by atoms with Gasteiger partial charge in [-0.25, -0.2) is 4.79 Å². The third kappa shape index (κ3) is 5.70. The Bertz CT molecular complexity index is 407. The van der Waals surface area contributed by atoms with Gasteiger partial charge in [-0.05, 0) is 25.0 Å². The zero-order chi connectivity index (χ0) is 14.8. The molecule has 1 aromatic rings. The molecular weight excluding hydrogens is 276 g/mol. The minimum Gasteiger partial charge on any atom is -0.490 e. The lowest BCUT2D eigenvalue weighted by Gasteiger charge is -2.21. The van der Waals surface area contributed by atoms with Crippen LogP contribution in [0.3, 0.4) is 0 Å². The molecule has 1 aromatic carbocycles. The topological polar surface area (TPSA) is 41.6 Å². The van der Waals surface area contributed by atoms with Gasteiger partial charge in [-0.2, -0.15) is 0 Å². The number of urea groups is 1. The summed E-state index contributed by atoms with van der Waals surface area (Å²) >= 11 is 5.98. The van der Waals surface area contributed by atoms with E-state index < -0.39 is 0 Å². The normalized spacial score (nSPS) is 10.2. The van der Waals surface area contributed by atoms with E-state index in [1.807, 2.05) is 23.1 Å². The molecule has 0 radical (unpaired) electrons. The maximum Gasteiger partial charge on any atom is 0.317 e. The summed E-state index contributed by atoms with van der Waals surface area (Å²) in [6.45, 7) is 6.57. The summed E-state index contributed by atoms with van der Waals surface area (Å²) < 4.78 is 5.52. The van der Waals surface area contributed by atoms with Gasteiger partial charge in [-0.15, -0.1) is 0 Å². The smallest absolute Gasteiger partial charge is 0.317 e. The van der Waals surface area contributed by atoms with E-state index in [1.54, 1.807) is 6.07 Å². The number of rotatable bonds is 8. The average molecular weight is 299 g/mol. The maximum absolute atomic E-state index is 11.9. The molecule has 0 aliphatic heterocycles. The van der Waals surface area contributed by atoms with E-state index in [0.717, 1.165) is 25.9 Å². The highest BCUT2D eigenvalue weighted by Crippen LogP contribution is 2.22. The molecule has 20 heavy (non-hydrogen) atoms. The number of hydrogen-bond donors (Lipinski definition) is 1. The molecule has 1 N–H and O–H groups in total. The van der Waals surface area contributed by atoms with Crippen molar-refractivity contribution in [2.75, 3.05) is 26.2 Å². The summed E-state index contributed by atoms with van der Waals surface area (Å²) in [4.78, 5) is 13.8. The molecular formula is C15H23ClN2O2. The van der Waals surface area contributed by atoms with Gasteiger partial charge in [-0.3, -0.25) is 0 Å². The highest BCUT2D eigenvalue weighted by atomic mass is 35.5. The number of benzene rings is 1. The Balaban J connectivity index is 2.29. The van der Waals surface area contributed by atoms with Gasteiger partial charge >= 0.3 is 6.03 Å². The van der Waals surface area contributed by atoms with Crippen molar-refractivity contribution in [3.05, 3.63) is 29.3 Å². The fourth-order valence-corrected chi connectivity index (χ4v) is 2.04.